The van der Waals surface area contributed by atoms with Gasteiger partial charge in [-0.1, -0.05) is 11.6 Å². The molecule has 1 N–H and O–H groups in total. The second-order valence-corrected chi connectivity index (χ2v) is 4.60. The molecule has 0 aliphatic carbocycles. The molecule has 0 aromatic heterocycles. The number of likely N-dealkylation sites (tertiary alicyclic amines) is 1. The standard InChI is InChI=1S/C7H11ClN2O5S/c8-6(9-15-16(12,13)14)7(11)10-4-2-1-3-5-10/h1-5H2,(H,12,13,14)/b9-6-. The minimum atomic E-state index is -4.73. The SMILES string of the molecule is O=C(/C(Cl)=N/OS(=O)(=O)O)N1CCCCC1. The summed E-state index contributed by atoms with van der Waals surface area (Å²) in [6.45, 7) is 1.10. The second kappa shape index (κ2) is 5.46. The molecule has 0 saturated carbocycles. The molecule has 9 heteroatoms. The third-order valence-corrected chi connectivity index (χ3v) is 2.52. The average Bonchev–Trinajstić information content (AvgIpc) is 2.25. The normalized spacial score (nSPS) is 18.4. The van der Waals surface area contributed by atoms with Crippen LogP contribution in [0.15, 0.2) is 5.16 Å². The van der Waals surface area contributed by atoms with Crippen molar-refractivity contribution in [3.05, 3.63) is 0 Å². The zero-order chi connectivity index (χ0) is 12.2. The van der Waals surface area contributed by atoms with Gasteiger partial charge in [0.05, 0.1) is 0 Å². The van der Waals surface area contributed by atoms with E-state index >= 15 is 0 Å². The van der Waals surface area contributed by atoms with E-state index in [0.717, 1.165) is 19.3 Å². The highest BCUT2D eigenvalue weighted by molar-refractivity contribution is 7.80. The maximum absolute atomic E-state index is 11.5. The van der Waals surface area contributed by atoms with Crippen LogP contribution >= 0.6 is 11.6 Å². The van der Waals surface area contributed by atoms with Crippen LogP contribution in [-0.4, -0.2) is 42.0 Å². The molecular weight excluding hydrogens is 260 g/mol. The zero-order valence-corrected chi connectivity index (χ0v) is 9.87. The van der Waals surface area contributed by atoms with Crippen LogP contribution in [0.2, 0.25) is 0 Å². The molecule has 1 amide bonds. The lowest BCUT2D eigenvalue weighted by Crippen LogP contribution is -2.38. The fraction of sp³-hybridized carbons (Fsp3) is 0.714. The molecule has 1 saturated heterocycles. The maximum atomic E-state index is 11.5. The fourth-order valence-corrected chi connectivity index (χ4v) is 1.71. The van der Waals surface area contributed by atoms with Gasteiger partial charge in [-0.05, 0) is 24.4 Å². The first-order chi connectivity index (χ1) is 7.40. The number of oxime groups is 1. The van der Waals surface area contributed by atoms with Crippen LogP contribution in [0.1, 0.15) is 19.3 Å². The van der Waals surface area contributed by atoms with Gasteiger partial charge in [0.1, 0.15) is 0 Å². The third-order valence-electron chi connectivity index (χ3n) is 2.03. The minimum absolute atomic E-state index is 0.552. The summed E-state index contributed by atoms with van der Waals surface area (Å²) in [5, 5.41) is 2.20. The van der Waals surface area contributed by atoms with Gasteiger partial charge in [-0.15, -0.1) is 0 Å². The van der Waals surface area contributed by atoms with Crippen molar-refractivity contribution < 1.29 is 22.0 Å². The number of hydrogen-bond donors (Lipinski definition) is 1. The average molecular weight is 271 g/mol. The van der Waals surface area contributed by atoms with Gasteiger partial charge in [-0.3, -0.25) is 9.35 Å². The number of halogens is 1. The van der Waals surface area contributed by atoms with Crippen LogP contribution in [0.25, 0.3) is 0 Å². The number of hydrogen-bond acceptors (Lipinski definition) is 5. The van der Waals surface area contributed by atoms with Crippen LogP contribution < -0.4 is 0 Å². The molecule has 1 heterocycles. The first-order valence-electron chi connectivity index (χ1n) is 4.59. The van der Waals surface area contributed by atoms with E-state index in [4.69, 9.17) is 16.2 Å². The fourth-order valence-electron chi connectivity index (χ4n) is 1.35. The maximum Gasteiger partial charge on any atom is 0.466 e. The Morgan fingerprint density at radius 2 is 1.88 bits per heavy atom. The molecule has 0 spiro atoms. The van der Waals surface area contributed by atoms with Crippen molar-refractivity contribution in [2.45, 2.75) is 19.3 Å². The lowest BCUT2D eigenvalue weighted by Gasteiger charge is -2.25. The summed E-state index contributed by atoms with van der Waals surface area (Å²) in [5.74, 6) is -0.606. The van der Waals surface area contributed by atoms with Gasteiger partial charge in [0.15, 0.2) is 0 Å². The predicted molar refractivity (Wildman–Crippen MR) is 56.4 cm³/mol. The lowest BCUT2D eigenvalue weighted by molar-refractivity contribution is -0.124. The van der Waals surface area contributed by atoms with E-state index in [0.29, 0.717) is 13.1 Å². The first kappa shape index (κ1) is 13.2. The number of carbonyl (C=O) groups is 1. The van der Waals surface area contributed by atoms with Crippen LogP contribution in [0.3, 0.4) is 0 Å². The van der Waals surface area contributed by atoms with Crippen LogP contribution in [0.5, 0.6) is 0 Å². The van der Waals surface area contributed by atoms with E-state index in [-0.39, 0.29) is 0 Å². The summed E-state index contributed by atoms with van der Waals surface area (Å²) in [6, 6.07) is 0. The summed E-state index contributed by atoms with van der Waals surface area (Å²) >= 11 is 5.43. The number of piperidine rings is 1. The van der Waals surface area contributed by atoms with E-state index in [1.807, 2.05) is 0 Å². The summed E-state index contributed by atoms with van der Waals surface area (Å²) in [6.07, 6.45) is 2.78. The highest BCUT2D eigenvalue weighted by Gasteiger charge is 2.21. The summed E-state index contributed by atoms with van der Waals surface area (Å²) in [4.78, 5) is 13.0. The van der Waals surface area contributed by atoms with Gasteiger partial charge in [0.25, 0.3) is 5.91 Å². The number of carbonyl (C=O) groups excluding carboxylic acids is 1. The largest absolute Gasteiger partial charge is 0.466 e. The highest BCUT2D eigenvalue weighted by atomic mass is 35.5. The van der Waals surface area contributed by atoms with E-state index < -0.39 is 21.5 Å². The second-order valence-electron chi connectivity index (χ2n) is 3.24. The van der Waals surface area contributed by atoms with Crippen LogP contribution in [0, 0.1) is 0 Å². The van der Waals surface area contributed by atoms with Crippen LogP contribution in [-0.2, 0) is 19.5 Å². The molecule has 1 rings (SSSR count). The van der Waals surface area contributed by atoms with Gasteiger partial charge in [0, 0.05) is 13.1 Å². The summed E-state index contributed by atoms with van der Waals surface area (Å²) in [5.41, 5.74) is 0. The molecule has 1 fully saturated rings. The van der Waals surface area contributed by atoms with Gasteiger partial charge >= 0.3 is 10.4 Å². The molecule has 0 aromatic carbocycles. The number of rotatable bonds is 3. The van der Waals surface area contributed by atoms with Gasteiger partial charge in [-0.2, -0.15) is 8.42 Å². The van der Waals surface area contributed by atoms with Crippen LogP contribution in [0.4, 0.5) is 0 Å². The van der Waals surface area contributed by atoms with Gasteiger partial charge in [-0.25, -0.2) is 4.28 Å². The zero-order valence-electron chi connectivity index (χ0n) is 8.30. The van der Waals surface area contributed by atoms with Gasteiger partial charge < -0.3 is 4.90 Å². The quantitative estimate of drug-likeness (QED) is 0.454. The Hall–Kier alpha value is -0.860. The molecule has 1 aliphatic heterocycles. The van der Waals surface area contributed by atoms with E-state index in [2.05, 4.69) is 9.44 Å². The van der Waals surface area contributed by atoms with E-state index in [1.165, 1.54) is 4.90 Å². The molecule has 7 nitrogen and oxygen atoms in total. The Kier molecular flexibility index (Phi) is 4.51. The molecule has 0 aromatic rings. The molecule has 1 aliphatic rings. The number of amides is 1. The minimum Gasteiger partial charge on any atom is -0.336 e. The molecule has 0 radical (unpaired) electrons. The van der Waals surface area contributed by atoms with Gasteiger partial charge in [0.2, 0.25) is 5.17 Å². The van der Waals surface area contributed by atoms with Crippen molar-refractivity contribution in [1.82, 2.24) is 4.90 Å². The van der Waals surface area contributed by atoms with E-state index in [9.17, 15) is 13.2 Å². The van der Waals surface area contributed by atoms with E-state index in [1.54, 1.807) is 0 Å². The monoisotopic (exact) mass is 270 g/mol. The topological polar surface area (TPSA) is 96.3 Å². The molecule has 0 unspecified atom stereocenters. The van der Waals surface area contributed by atoms with Crippen molar-refractivity contribution >= 4 is 33.1 Å². The molecule has 0 bridgehead atoms. The predicted octanol–water partition coefficient (Wildman–Crippen LogP) is 0.371. The van der Waals surface area contributed by atoms with Crippen molar-refractivity contribution in [2.24, 2.45) is 5.16 Å². The Bertz CT molecular complexity index is 388. The molecule has 0 atom stereocenters. The summed E-state index contributed by atoms with van der Waals surface area (Å²) < 4.78 is 32.2. The van der Waals surface area contributed by atoms with Crippen molar-refractivity contribution in [2.75, 3.05) is 13.1 Å². The third kappa shape index (κ3) is 4.33. The Labute approximate surface area is 97.9 Å². The molecule has 16 heavy (non-hydrogen) atoms. The highest BCUT2D eigenvalue weighted by Crippen LogP contribution is 2.10. The van der Waals surface area contributed by atoms with Crippen molar-refractivity contribution in [3.63, 3.8) is 0 Å². The summed E-state index contributed by atoms with van der Waals surface area (Å²) in [7, 11) is -4.73. The Morgan fingerprint density at radius 1 is 1.31 bits per heavy atom. The van der Waals surface area contributed by atoms with Crippen molar-refractivity contribution in [1.29, 1.82) is 0 Å². The molecule has 92 valence electrons. The van der Waals surface area contributed by atoms with Crippen molar-refractivity contribution in [3.8, 4) is 0 Å². The number of nitrogens with zero attached hydrogens (tertiary/aromatic N) is 2. The smallest absolute Gasteiger partial charge is 0.336 e. The Morgan fingerprint density at radius 3 is 2.38 bits per heavy atom. The first-order valence-corrected chi connectivity index (χ1v) is 6.33. The lowest BCUT2D eigenvalue weighted by atomic mass is 10.1. The molecular formula is C7H11ClN2O5S. The Balaban J connectivity index is 2.58.